The third-order valence-electron chi connectivity index (χ3n) is 4.70. The second-order valence-corrected chi connectivity index (χ2v) is 6.43. The third kappa shape index (κ3) is 4.39. The number of carboxylic acids is 1. The zero-order valence-corrected chi connectivity index (χ0v) is 15.6. The lowest BCUT2D eigenvalue weighted by atomic mass is 9.99. The molecule has 1 N–H and O–H groups in total. The highest BCUT2D eigenvalue weighted by atomic mass is 16.5. The number of benzene rings is 1. The average Bonchev–Trinajstić information content (AvgIpc) is 3.22. The van der Waals surface area contributed by atoms with Crippen LogP contribution in [0.4, 0.5) is 5.82 Å². The zero-order valence-electron chi connectivity index (χ0n) is 15.6. The molecule has 1 fully saturated rings. The van der Waals surface area contributed by atoms with Crippen LogP contribution in [0.25, 0.3) is 5.57 Å². The number of aromatic nitrogens is 1. The Morgan fingerprint density at radius 3 is 2.67 bits per heavy atom. The number of carbonyl (C=O) groups is 1. The van der Waals surface area contributed by atoms with E-state index in [0.717, 1.165) is 24.5 Å². The summed E-state index contributed by atoms with van der Waals surface area (Å²) >= 11 is 0. The Hall–Kier alpha value is -3.02. The monoisotopic (exact) mass is 368 g/mol. The van der Waals surface area contributed by atoms with Gasteiger partial charge in [-0.25, -0.2) is 9.78 Å². The normalized spacial score (nSPS) is 14.7. The first kappa shape index (κ1) is 18.8. The summed E-state index contributed by atoms with van der Waals surface area (Å²) in [4.78, 5) is 18.4. The molecule has 0 radical (unpaired) electrons. The molecule has 0 saturated carbocycles. The second-order valence-electron chi connectivity index (χ2n) is 6.43. The summed E-state index contributed by atoms with van der Waals surface area (Å²) in [5.74, 6) is 0.961. The minimum atomic E-state index is -1.03. The van der Waals surface area contributed by atoms with Gasteiger partial charge in [0, 0.05) is 25.4 Å². The van der Waals surface area contributed by atoms with Crippen LogP contribution in [0, 0.1) is 0 Å². The number of anilines is 1. The third-order valence-corrected chi connectivity index (χ3v) is 4.70. The van der Waals surface area contributed by atoms with E-state index in [9.17, 15) is 9.90 Å². The summed E-state index contributed by atoms with van der Waals surface area (Å²) in [6.45, 7) is 3.93. The maximum atomic E-state index is 11.7. The first-order chi connectivity index (χ1) is 13.1. The molecule has 1 aliphatic heterocycles. The maximum Gasteiger partial charge on any atom is 0.339 e. The van der Waals surface area contributed by atoms with Crippen molar-refractivity contribution in [3.05, 3.63) is 59.5 Å². The summed E-state index contributed by atoms with van der Waals surface area (Å²) < 4.78 is 11.1. The van der Waals surface area contributed by atoms with Gasteiger partial charge in [0.05, 0.1) is 7.11 Å². The topological polar surface area (TPSA) is 71.9 Å². The van der Waals surface area contributed by atoms with Gasteiger partial charge in [-0.2, -0.15) is 0 Å². The van der Waals surface area contributed by atoms with Gasteiger partial charge in [0.1, 0.15) is 29.5 Å². The molecule has 0 atom stereocenters. The fourth-order valence-corrected chi connectivity index (χ4v) is 3.22. The van der Waals surface area contributed by atoms with Crippen LogP contribution in [0.2, 0.25) is 0 Å². The summed E-state index contributed by atoms with van der Waals surface area (Å²) in [6, 6.07) is 11.1. The molecule has 0 amide bonds. The number of allylic oxidation sites excluding steroid dienone is 1. The number of nitrogens with zero attached hydrogens (tertiary/aromatic N) is 2. The smallest absolute Gasteiger partial charge is 0.339 e. The predicted molar refractivity (Wildman–Crippen MR) is 104 cm³/mol. The molecular formula is C21H24N2O4. The number of pyridine rings is 1. The van der Waals surface area contributed by atoms with Gasteiger partial charge in [-0.3, -0.25) is 0 Å². The molecule has 2 aromatic rings. The number of aliphatic carboxylic acids is 1. The number of hydrogen-bond donors (Lipinski definition) is 1. The molecule has 1 aromatic heterocycles. The highest BCUT2D eigenvalue weighted by molar-refractivity contribution is 6.16. The van der Waals surface area contributed by atoms with Crippen molar-refractivity contribution in [3.8, 4) is 5.75 Å². The number of hydrogen-bond acceptors (Lipinski definition) is 5. The van der Waals surface area contributed by atoms with Crippen molar-refractivity contribution in [2.75, 3.05) is 25.1 Å². The standard InChI is InChI=1S/C21H24N2O4/c1-15(26-2)20(21(24)25)18-8-4-3-7-16(18)14-27-17-9-10-22-19(13-17)23-11-5-6-12-23/h3-4,7-10,13H,5-6,11-12,14H2,1-2H3,(H,24,25). The van der Waals surface area contributed by atoms with Crippen LogP contribution in [-0.2, 0) is 16.1 Å². The van der Waals surface area contributed by atoms with E-state index in [1.54, 1.807) is 19.2 Å². The highest BCUT2D eigenvalue weighted by Crippen LogP contribution is 2.26. The van der Waals surface area contributed by atoms with Crippen LogP contribution in [0.5, 0.6) is 5.75 Å². The Kier molecular flexibility index (Phi) is 5.96. The lowest BCUT2D eigenvalue weighted by Gasteiger charge is -2.17. The van der Waals surface area contributed by atoms with Crippen molar-refractivity contribution < 1.29 is 19.4 Å². The van der Waals surface area contributed by atoms with Gasteiger partial charge in [0.15, 0.2) is 0 Å². The van der Waals surface area contributed by atoms with Crippen LogP contribution in [0.3, 0.4) is 0 Å². The summed E-state index contributed by atoms with van der Waals surface area (Å²) in [7, 11) is 1.47. The first-order valence-corrected chi connectivity index (χ1v) is 9.00. The van der Waals surface area contributed by atoms with E-state index in [1.165, 1.54) is 20.0 Å². The lowest BCUT2D eigenvalue weighted by Crippen LogP contribution is -2.18. The first-order valence-electron chi connectivity index (χ1n) is 9.00. The van der Waals surface area contributed by atoms with Gasteiger partial charge in [-0.1, -0.05) is 24.3 Å². The molecule has 0 aliphatic carbocycles. The fraction of sp³-hybridized carbons (Fsp3) is 0.333. The molecule has 3 rings (SSSR count). The van der Waals surface area contributed by atoms with Gasteiger partial charge >= 0.3 is 5.97 Å². The van der Waals surface area contributed by atoms with Gasteiger partial charge < -0.3 is 19.5 Å². The van der Waals surface area contributed by atoms with Crippen molar-refractivity contribution >= 4 is 17.4 Å². The Bertz CT molecular complexity index is 842. The molecule has 1 aromatic carbocycles. The summed E-state index contributed by atoms with van der Waals surface area (Å²) in [5, 5.41) is 9.60. The Labute approximate surface area is 159 Å². The SMILES string of the molecule is COC(C)=C(C(=O)O)c1ccccc1COc1ccnc(N2CCCC2)c1. The molecule has 0 spiro atoms. The molecule has 142 valence electrons. The molecule has 1 aliphatic rings. The van der Waals surface area contributed by atoms with Crippen LogP contribution >= 0.6 is 0 Å². The maximum absolute atomic E-state index is 11.7. The van der Waals surface area contributed by atoms with Crippen molar-refractivity contribution in [3.63, 3.8) is 0 Å². The van der Waals surface area contributed by atoms with E-state index in [4.69, 9.17) is 9.47 Å². The molecule has 1 saturated heterocycles. The quantitative estimate of drug-likeness (QED) is 0.593. The fourth-order valence-electron chi connectivity index (χ4n) is 3.22. The number of rotatable bonds is 7. The van der Waals surface area contributed by atoms with Crippen molar-refractivity contribution in [2.24, 2.45) is 0 Å². The van der Waals surface area contributed by atoms with E-state index >= 15 is 0 Å². The van der Waals surface area contributed by atoms with Crippen molar-refractivity contribution in [1.29, 1.82) is 0 Å². The zero-order chi connectivity index (χ0) is 19.2. The molecule has 6 heteroatoms. The largest absolute Gasteiger partial charge is 0.500 e. The van der Waals surface area contributed by atoms with Gasteiger partial charge in [0.25, 0.3) is 0 Å². The predicted octanol–water partition coefficient (Wildman–Crippen LogP) is 3.72. The van der Waals surface area contributed by atoms with Gasteiger partial charge in [-0.05, 0) is 37.0 Å². The minimum Gasteiger partial charge on any atom is -0.500 e. The van der Waals surface area contributed by atoms with Crippen LogP contribution in [0.1, 0.15) is 30.9 Å². The van der Waals surface area contributed by atoms with Crippen molar-refractivity contribution in [2.45, 2.75) is 26.4 Å². The minimum absolute atomic E-state index is 0.143. The number of carboxylic acid groups (broad SMARTS) is 1. The Morgan fingerprint density at radius 2 is 1.96 bits per heavy atom. The van der Waals surface area contributed by atoms with Crippen LogP contribution in [-0.4, -0.2) is 36.3 Å². The number of methoxy groups -OCH3 is 1. The summed E-state index contributed by atoms with van der Waals surface area (Å²) in [6.07, 6.45) is 4.11. The number of ether oxygens (including phenoxy) is 2. The van der Waals surface area contributed by atoms with E-state index in [1.807, 2.05) is 30.3 Å². The molecule has 0 unspecified atom stereocenters. The van der Waals surface area contributed by atoms with E-state index in [2.05, 4.69) is 9.88 Å². The van der Waals surface area contributed by atoms with Crippen LogP contribution in [0.15, 0.2) is 48.4 Å². The molecule has 27 heavy (non-hydrogen) atoms. The van der Waals surface area contributed by atoms with E-state index < -0.39 is 5.97 Å². The molecule has 6 nitrogen and oxygen atoms in total. The highest BCUT2D eigenvalue weighted by Gasteiger charge is 2.19. The average molecular weight is 368 g/mol. The Balaban J connectivity index is 1.81. The summed E-state index contributed by atoms with van der Waals surface area (Å²) in [5.41, 5.74) is 1.52. The van der Waals surface area contributed by atoms with Gasteiger partial charge in [-0.15, -0.1) is 0 Å². The van der Waals surface area contributed by atoms with Crippen LogP contribution < -0.4 is 9.64 Å². The second kappa shape index (κ2) is 8.58. The van der Waals surface area contributed by atoms with Crippen molar-refractivity contribution in [1.82, 2.24) is 4.98 Å². The van der Waals surface area contributed by atoms with E-state index in [0.29, 0.717) is 17.1 Å². The molecule has 2 heterocycles. The Morgan fingerprint density at radius 1 is 1.22 bits per heavy atom. The van der Waals surface area contributed by atoms with Gasteiger partial charge in [0.2, 0.25) is 0 Å². The van der Waals surface area contributed by atoms with E-state index in [-0.39, 0.29) is 12.2 Å². The lowest BCUT2D eigenvalue weighted by molar-refractivity contribution is -0.130. The molecular weight excluding hydrogens is 344 g/mol. The molecule has 0 bridgehead atoms.